The maximum absolute atomic E-state index is 11.5. The van der Waals surface area contributed by atoms with Gasteiger partial charge in [-0.05, 0) is 49.9 Å². The predicted molar refractivity (Wildman–Crippen MR) is 118 cm³/mol. The molecule has 8 heteroatoms. The largest absolute Gasteiger partial charge is 0.496 e. The third-order valence-electron chi connectivity index (χ3n) is 4.59. The Kier molecular flexibility index (Phi) is 6.89. The van der Waals surface area contributed by atoms with Crippen molar-refractivity contribution in [2.45, 2.75) is 27.2 Å². The van der Waals surface area contributed by atoms with E-state index in [1.165, 1.54) is 17.5 Å². The Morgan fingerprint density at radius 3 is 2.67 bits per heavy atom. The number of ether oxygens (including phenoxy) is 2. The molecule has 0 aliphatic rings. The van der Waals surface area contributed by atoms with E-state index >= 15 is 0 Å². The van der Waals surface area contributed by atoms with Gasteiger partial charge in [-0.3, -0.25) is 0 Å². The zero-order valence-electron chi connectivity index (χ0n) is 17.5. The van der Waals surface area contributed by atoms with E-state index < -0.39 is 5.97 Å². The van der Waals surface area contributed by atoms with Crippen molar-refractivity contribution in [3.63, 3.8) is 0 Å². The van der Waals surface area contributed by atoms with Gasteiger partial charge in [0.05, 0.1) is 24.3 Å². The molecule has 0 aliphatic carbocycles. The van der Waals surface area contributed by atoms with Crippen molar-refractivity contribution in [1.82, 2.24) is 9.97 Å². The topological polar surface area (TPSA) is 93.6 Å². The van der Waals surface area contributed by atoms with Crippen LogP contribution in [0.1, 0.15) is 33.3 Å². The van der Waals surface area contributed by atoms with E-state index in [1.54, 1.807) is 13.2 Å². The molecule has 7 nitrogen and oxygen atoms in total. The first-order chi connectivity index (χ1) is 14.4. The van der Waals surface area contributed by atoms with Gasteiger partial charge in [-0.25, -0.2) is 14.8 Å². The number of methoxy groups -OCH3 is 1. The second-order valence-corrected chi connectivity index (χ2v) is 7.82. The van der Waals surface area contributed by atoms with Gasteiger partial charge in [0.2, 0.25) is 0 Å². The summed E-state index contributed by atoms with van der Waals surface area (Å²) in [6.07, 6.45) is 2.25. The molecule has 0 radical (unpaired) electrons. The van der Waals surface area contributed by atoms with Gasteiger partial charge in [0.1, 0.15) is 23.6 Å². The zero-order valence-corrected chi connectivity index (χ0v) is 18.3. The molecule has 0 amide bonds. The Morgan fingerprint density at radius 2 is 1.97 bits per heavy atom. The Balaban J connectivity index is 1.74. The first-order valence-electron chi connectivity index (χ1n) is 9.63. The Morgan fingerprint density at radius 1 is 1.17 bits per heavy atom. The number of carboxylic acids is 1. The number of aryl methyl sites for hydroxylation is 2. The molecule has 0 saturated carbocycles. The number of benzene rings is 1. The summed E-state index contributed by atoms with van der Waals surface area (Å²) in [5.74, 6) is 0.914. The van der Waals surface area contributed by atoms with Gasteiger partial charge in [0.25, 0.3) is 0 Å². The Bertz CT molecular complexity index is 1050. The molecule has 0 atom stereocenters. The van der Waals surface area contributed by atoms with Crippen molar-refractivity contribution in [2.75, 3.05) is 25.6 Å². The molecular weight excluding hydrogens is 402 g/mol. The number of nitrogens with zero attached hydrogens (tertiary/aromatic N) is 2. The minimum atomic E-state index is -1.01. The van der Waals surface area contributed by atoms with Crippen molar-refractivity contribution in [2.24, 2.45) is 0 Å². The molecule has 0 unspecified atom stereocenters. The van der Waals surface area contributed by atoms with Crippen LogP contribution in [0.4, 0.5) is 5.82 Å². The number of anilines is 1. The summed E-state index contributed by atoms with van der Waals surface area (Å²) in [6.45, 7) is 7.03. The highest BCUT2D eigenvalue weighted by atomic mass is 32.1. The van der Waals surface area contributed by atoms with Gasteiger partial charge in [-0.1, -0.05) is 6.07 Å². The van der Waals surface area contributed by atoms with Gasteiger partial charge >= 0.3 is 5.97 Å². The van der Waals surface area contributed by atoms with Crippen molar-refractivity contribution < 1.29 is 19.4 Å². The molecular formula is C22H25N3O4S. The molecule has 30 heavy (non-hydrogen) atoms. The number of carbonyl (C=O) groups is 1. The zero-order chi connectivity index (χ0) is 21.7. The van der Waals surface area contributed by atoms with Crippen LogP contribution in [0, 0.1) is 13.8 Å². The van der Waals surface area contributed by atoms with E-state index in [9.17, 15) is 9.90 Å². The first kappa shape index (κ1) is 21.6. The lowest BCUT2D eigenvalue weighted by Gasteiger charge is -2.14. The highest BCUT2D eigenvalue weighted by molar-refractivity contribution is 7.17. The van der Waals surface area contributed by atoms with E-state index in [4.69, 9.17) is 9.47 Å². The normalized spacial score (nSPS) is 10.7. The van der Waals surface area contributed by atoms with E-state index in [0.29, 0.717) is 30.4 Å². The maximum atomic E-state index is 11.5. The van der Waals surface area contributed by atoms with E-state index in [-0.39, 0.29) is 4.88 Å². The van der Waals surface area contributed by atoms with Gasteiger partial charge < -0.3 is 19.9 Å². The summed E-state index contributed by atoms with van der Waals surface area (Å²) >= 11 is 1.14. The van der Waals surface area contributed by atoms with E-state index in [1.807, 2.05) is 19.1 Å². The van der Waals surface area contributed by atoms with Gasteiger partial charge in [-0.15, -0.1) is 11.3 Å². The number of aromatic carboxylic acids is 1. The van der Waals surface area contributed by atoms with Crippen LogP contribution in [-0.4, -0.2) is 41.3 Å². The van der Waals surface area contributed by atoms with Crippen molar-refractivity contribution in [3.05, 3.63) is 52.2 Å². The first-order valence-corrected chi connectivity index (χ1v) is 10.4. The predicted octanol–water partition coefficient (Wildman–Crippen LogP) is 4.58. The van der Waals surface area contributed by atoms with E-state index in [0.717, 1.165) is 33.9 Å². The third kappa shape index (κ3) is 4.88. The molecule has 0 fully saturated rings. The summed E-state index contributed by atoms with van der Waals surface area (Å²) in [5, 5.41) is 12.7. The molecule has 0 saturated heterocycles. The van der Waals surface area contributed by atoms with Crippen LogP contribution < -0.4 is 14.8 Å². The van der Waals surface area contributed by atoms with Crippen LogP contribution in [0.15, 0.2) is 30.6 Å². The third-order valence-corrected chi connectivity index (χ3v) is 5.72. The van der Waals surface area contributed by atoms with Crippen LogP contribution in [0.2, 0.25) is 0 Å². The molecule has 0 spiro atoms. The minimum Gasteiger partial charge on any atom is -0.496 e. The number of thiophene rings is 1. The molecule has 2 aromatic heterocycles. The molecule has 1 aromatic carbocycles. The van der Waals surface area contributed by atoms with E-state index in [2.05, 4.69) is 35.2 Å². The van der Waals surface area contributed by atoms with Crippen LogP contribution in [0.5, 0.6) is 11.5 Å². The summed E-state index contributed by atoms with van der Waals surface area (Å²) in [6, 6.07) is 7.71. The molecule has 2 N–H and O–H groups in total. The number of rotatable bonds is 9. The second kappa shape index (κ2) is 9.58. The minimum absolute atomic E-state index is 0.168. The lowest BCUT2D eigenvalue weighted by atomic mass is 10.0. The maximum Gasteiger partial charge on any atom is 0.349 e. The molecule has 2 heterocycles. The standard InChI is InChI=1S/C22H25N3O4S/c1-5-29-18-11-19(30-21(18)22(26)27)16-10-20(25-12-24-16)23-7-6-15-14(3)8-13(2)9-17(15)28-4/h8-12H,5-7H2,1-4H3,(H,26,27)(H,23,24,25). The van der Waals surface area contributed by atoms with Crippen LogP contribution in [-0.2, 0) is 6.42 Å². The Hall–Kier alpha value is -3.13. The molecule has 3 aromatic rings. The Labute approximate surface area is 179 Å². The van der Waals surface area contributed by atoms with Crippen molar-refractivity contribution in [1.29, 1.82) is 0 Å². The van der Waals surface area contributed by atoms with Gasteiger partial charge in [0, 0.05) is 18.7 Å². The van der Waals surface area contributed by atoms with Crippen molar-refractivity contribution in [3.8, 4) is 22.1 Å². The van der Waals surface area contributed by atoms with Gasteiger partial charge in [-0.2, -0.15) is 0 Å². The fourth-order valence-electron chi connectivity index (χ4n) is 3.28. The van der Waals surface area contributed by atoms with Crippen LogP contribution in [0.25, 0.3) is 10.6 Å². The SMILES string of the molecule is CCOc1cc(-c2cc(NCCc3c(C)cc(C)cc3OC)ncn2)sc1C(=O)O. The lowest BCUT2D eigenvalue weighted by molar-refractivity contribution is 0.0698. The van der Waals surface area contributed by atoms with Crippen LogP contribution in [0.3, 0.4) is 0 Å². The number of aromatic nitrogens is 2. The number of hydrogen-bond donors (Lipinski definition) is 2. The second-order valence-electron chi connectivity index (χ2n) is 6.77. The monoisotopic (exact) mass is 427 g/mol. The fraction of sp³-hybridized carbons (Fsp3) is 0.318. The lowest BCUT2D eigenvalue weighted by Crippen LogP contribution is -2.09. The summed E-state index contributed by atoms with van der Waals surface area (Å²) in [4.78, 5) is 20.9. The molecule has 3 rings (SSSR count). The summed E-state index contributed by atoms with van der Waals surface area (Å²) in [5.41, 5.74) is 4.18. The van der Waals surface area contributed by atoms with Crippen LogP contribution >= 0.6 is 11.3 Å². The quantitative estimate of drug-likeness (QED) is 0.516. The summed E-state index contributed by atoms with van der Waals surface area (Å²) in [7, 11) is 1.69. The molecule has 158 valence electrons. The number of hydrogen-bond acceptors (Lipinski definition) is 7. The average Bonchev–Trinajstić information content (AvgIpc) is 3.14. The smallest absolute Gasteiger partial charge is 0.349 e. The highest BCUT2D eigenvalue weighted by Gasteiger charge is 2.18. The molecule has 0 aliphatic heterocycles. The fourth-order valence-corrected chi connectivity index (χ4v) is 4.19. The average molecular weight is 428 g/mol. The summed E-state index contributed by atoms with van der Waals surface area (Å²) < 4.78 is 11.0. The highest BCUT2D eigenvalue weighted by Crippen LogP contribution is 2.36. The van der Waals surface area contributed by atoms with Crippen molar-refractivity contribution >= 4 is 23.1 Å². The number of nitrogens with one attached hydrogen (secondary N) is 1. The number of carboxylic acid groups (broad SMARTS) is 1. The van der Waals surface area contributed by atoms with Gasteiger partial charge in [0.15, 0.2) is 4.88 Å². The molecule has 0 bridgehead atoms.